The zero-order chi connectivity index (χ0) is 22.6. The molecule has 4 fully saturated rings. The lowest BCUT2D eigenvalue weighted by atomic mass is 9.43. The summed E-state index contributed by atoms with van der Waals surface area (Å²) in [5.41, 5.74) is -0.246. The molecule has 0 aromatic rings. The maximum Gasteiger partial charge on any atom is 0.195 e. The molecule has 31 heavy (non-hydrogen) atoms. The highest BCUT2D eigenvalue weighted by Gasteiger charge is 2.67. The summed E-state index contributed by atoms with van der Waals surface area (Å²) in [7, 11) is 0. The Balaban J connectivity index is 1.51. The highest BCUT2D eigenvalue weighted by Crippen LogP contribution is 2.69. The van der Waals surface area contributed by atoms with Gasteiger partial charge in [-0.3, -0.25) is 0 Å². The molecule has 0 heterocycles. The number of aliphatic hydroxyl groups is 3. The van der Waals surface area contributed by atoms with Crippen LogP contribution in [0, 0.1) is 52.3 Å². The predicted octanol–water partition coefficient (Wildman–Crippen LogP) is 4.94. The predicted molar refractivity (Wildman–Crippen MR) is 122 cm³/mol. The molecule has 0 amide bonds. The zero-order valence-electron chi connectivity index (χ0n) is 20.2. The third-order valence-electron chi connectivity index (χ3n) is 11.3. The van der Waals surface area contributed by atoms with E-state index >= 15 is 0 Å². The molecular formula is C27H46O4. The Kier molecular flexibility index (Phi) is 6.42. The molecule has 178 valence electrons. The van der Waals surface area contributed by atoms with Gasteiger partial charge in [0.15, 0.2) is 5.79 Å². The normalized spacial score (nSPS) is 48.2. The van der Waals surface area contributed by atoms with Gasteiger partial charge in [0.05, 0.1) is 0 Å². The van der Waals surface area contributed by atoms with Crippen LogP contribution in [0.25, 0.3) is 0 Å². The molecule has 0 saturated heterocycles. The lowest BCUT2D eigenvalue weighted by Gasteiger charge is -2.64. The number of hydrogen-bond donors (Lipinski definition) is 3. The molecule has 4 saturated carbocycles. The minimum absolute atomic E-state index is 0.175. The van der Waals surface area contributed by atoms with E-state index in [1.807, 2.05) is 6.92 Å². The number of fused-ring (bicyclic) bond motifs is 5. The number of aldehydes is 1. The molecule has 4 aliphatic rings. The zero-order valence-corrected chi connectivity index (χ0v) is 20.2. The van der Waals surface area contributed by atoms with Crippen LogP contribution in [0.15, 0.2) is 0 Å². The Morgan fingerprint density at radius 2 is 1.65 bits per heavy atom. The van der Waals surface area contributed by atoms with E-state index in [-0.39, 0.29) is 5.92 Å². The van der Waals surface area contributed by atoms with Crippen molar-refractivity contribution in [2.75, 3.05) is 0 Å². The molecule has 0 radical (unpaired) electrons. The average Bonchev–Trinajstić information content (AvgIpc) is 3.09. The molecular weight excluding hydrogens is 388 g/mol. The fourth-order valence-electron chi connectivity index (χ4n) is 9.37. The van der Waals surface area contributed by atoms with Gasteiger partial charge in [0.1, 0.15) is 12.4 Å². The van der Waals surface area contributed by atoms with E-state index in [4.69, 9.17) is 0 Å². The Bertz CT molecular complexity index is 662. The molecule has 10 atom stereocenters. The van der Waals surface area contributed by atoms with Crippen LogP contribution in [0.1, 0.15) is 98.3 Å². The van der Waals surface area contributed by atoms with Crippen LogP contribution in [0.5, 0.6) is 0 Å². The first-order chi connectivity index (χ1) is 14.6. The van der Waals surface area contributed by atoms with Gasteiger partial charge in [0.2, 0.25) is 0 Å². The van der Waals surface area contributed by atoms with Crippen LogP contribution in [0.3, 0.4) is 0 Å². The van der Waals surface area contributed by atoms with Crippen molar-refractivity contribution in [3.8, 4) is 0 Å². The number of aliphatic hydroxyl groups excluding tert-OH is 1. The molecule has 0 spiro atoms. The fourth-order valence-corrected chi connectivity index (χ4v) is 9.37. The van der Waals surface area contributed by atoms with Crippen LogP contribution in [0.4, 0.5) is 0 Å². The molecule has 0 aliphatic heterocycles. The van der Waals surface area contributed by atoms with Gasteiger partial charge in [-0.25, -0.2) is 0 Å². The van der Waals surface area contributed by atoms with Crippen molar-refractivity contribution in [1.29, 1.82) is 0 Å². The summed E-state index contributed by atoms with van der Waals surface area (Å²) in [6, 6.07) is 0. The summed E-state index contributed by atoms with van der Waals surface area (Å²) < 4.78 is 0. The summed E-state index contributed by atoms with van der Waals surface area (Å²) in [6.07, 6.45) is 11.9. The largest absolute Gasteiger partial charge is 0.387 e. The third-order valence-corrected chi connectivity index (χ3v) is 11.3. The van der Waals surface area contributed by atoms with Crippen LogP contribution < -0.4 is 0 Å². The third kappa shape index (κ3) is 3.54. The second-order valence-electron chi connectivity index (χ2n) is 12.5. The van der Waals surface area contributed by atoms with Gasteiger partial charge in [-0.15, -0.1) is 0 Å². The summed E-state index contributed by atoms with van der Waals surface area (Å²) >= 11 is 0. The molecule has 4 heteroatoms. The molecule has 0 bridgehead atoms. The standard InChI is InChI=1S/C27H46O4/c1-17(16-28)6-5-7-18(2)21-11-12-22-20-10-8-19-9-13-24(29)27(30,31)26(19,4)23(20)14-15-25(21,22)3/h16-24,29-31H,5-15H2,1-4H3/t17?,18-,19?,20+,21-,22+,23+,24?,25-,26+/m1/s1. The second-order valence-corrected chi connectivity index (χ2v) is 12.5. The first-order valence-electron chi connectivity index (χ1n) is 13.2. The van der Waals surface area contributed by atoms with Crippen LogP contribution in [-0.2, 0) is 4.79 Å². The molecule has 3 unspecified atom stereocenters. The van der Waals surface area contributed by atoms with Gasteiger partial charge >= 0.3 is 0 Å². The number of rotatable bonds is 6. The van der Waals surface area contributed by atoms with Crippen molar-refractivity contribution in [2.45, 2.75) is 110 Å². The van der Waals surface area contributed by atoms with Gasteiger partial charge in [0.25, 0.3) is 0 Å². The Morgan fingerprint density at radius 3 is 2.35 bits per heavy atom. The SMILES string of the molecule is CC(C=O)CCC[C@@H](C)[C@H]1CC[C@H]2[C@@H]3CCC4CCC(O)C(O)(O)[C@]4(C)[C@H]3CC[C@]12C. The van der Waals surface area contributed by atoms with E-state index < -0.39 is 17.3 Å². The van der Waals surface area contributed by atoms with Crippen molar-refractivity contribution >= 4 is 6.29 Å². The monoisotopic (exact) mass is 434 g/mol. The minimum atomic E-state index is -1.96. The lowest BCUT2D eigenvalue weighted by Crippen LogP contribution is -2.68. The molecule has 4 rings (SSSR count). The van der Waals surface area contributed by atoms with Crippen molar-refractivity contribution in [3.05, 3.63) is 0 Å². The van der Waals surface area contributed by atoms with Gasteiger partial charge in [-0.05, 0) is 98.7 Å². The van der Waals surface area contributed by atoms with Crippen LogP contribution in [0.2, 0.25) is 0 Å². The van der Waals surface area contributed by atoms with E-state index in [0.29, 0.717) is 41.4 Å². The van der Waals surface area contributed by atoms with Gasteiger partial charge in [-0.1, -0.05) is 40.5 Å². The molecule has 3 N–H and O–H groups in total. The van der Waals surface area contributed by atoms with Crippen molar-refractivity contribution in [2.24, 2.45) is 52.3 Å². The van der Waals surface area contributed by atoms with Gasteiger partial charge in [0, 0.05) is 11.3 Å². The summed E-state index contributed by atoms with van der Waals surface area (Å²) in [6.45, 7) is 9.07. The fraction of sp³-hybridized carbons (Fsp3) is 0.963. The first-order valence-corrected chi connectivity index (χ1v) is 13.2. The molecule has 0 aromatic carbocycles. The lowest BCUT2D eigenvalue weighted by molar-refractivity contribution is -0.349. The van der Waals surface area contributed by atoms with E-state index in [9.17, 15) is 20.1 Å². The quantitative estimate of drug-likeness (QED) is 0.409. The Labute approximate surface area is 189 Å². The van der Waals surface area contributed by atoms with Crippen LogP contribution >= 0.6 is 0 Å². The highest BCUT2D eigenvalue weighted by atomic mass is 16.5. The van der Waals surface area contributed by atoms with E-state index in [0.717, 1.165) is 44.3 Å². The maximum absolute atomic E-state index is 11.1. The summed E-state index contributed by atoms with van der Waals surface area (Å²) in [5, 5.41) is 32.8. The highest BCUT2D eigenvalue weighted by molar-refractivity contribution is 5.52. The summed E-state index contributed by atoms with van der Waals surface area (Å²) in [5.74, 6) is 1.46. The molecule has 4 aliphatic carbocycles. The van der Waals surface area contributed by atoms with Crippen LogP contribution in [-0.4, -0.2) is 33.5 Å². The smallest absolute Gasteiger partial charge is 0.195 e. The topological polar surface area (TPSA) is 77.8 Å². The van der Waals surface area contributed by atoms with Gasteiger partial charge < -0.3 is 20.1 Å². The van der Waals surface area contributed by atoms with E-state index in [2.05, 4.69) is 20.8 Å². The average molecular weight is 435 g/mol. The Morgan fingerprint density at radius 1 is 0.935 bits per heavy atom. The molecule has 4 nitrogen and oxygen atoms in total. The summed E-state index contributed by atoms with van der Waals surface area (Å²) in [4.78, 5) is 11.0. The number of hydrogen-bond acceptors (Lipinski definition) is 4. The molecule has 0 aromatic heterocycles. The minimum Gasteiger partial charge on any atom is -0.387 e. The van der Waals surface area contributed by atoms with Crippen molar-refractivity contribution < 1.29 is 20.1 Å². The van der Waals surface area contributed by atoms with E-state index in [1.54, 1.807) is 0 Å². The van der Waals surface area contributed by atoms with E-state index in [1.165, 1.54) is 32.1 Å². The van der Waals surface area contributed by atoms with Crippen molar-refractivity contribution in [1.82, 2.24) is 0 Å². The second kappa shape index (κ2) is 8.40. The number of carbonyl (C=O) groups excluding carboxylic acids is 1. The first kappa shape index (κ1) is 23.7. The Hall–Kier alpha value is -0.450. The van der Waals surface area contributed by atoms with Gasteiger partial charge in [-0.2, -0.15) is 0 Å². The maximum atomic E-state index is 11.1. The number of carbonyl (C=O) groups is 1. The van der Waals surface area contributed by atoms with Crippen molar-refractivity contribution in [3.63, 3.8) is 0 Å².